The zero-order valence-corrected chi connectivity index (χ0v) is 8.59. The summed E-state index contributed by atoms with van der Waals surface area (Å²) in [5, 5.41) is 0. The maximum atomic E-state index is 5.89. The lowest BCUT2D eigenvalue weighted by atomic mass is 9.98. The number of thiophene rings is 1. The third kappa shape index (κ3) is 1.20. The minimum absolute atomic E-state index is 0.990. The van der Waals surface area contributed by atoms with Gasteiger partial charge < -0.3 is 5.73 Å². The first-order valence-electron chi connectivity index (χ1n) is 3.84. The van der Waals surface area contributed by atoms with Gasteiger partial charge >= 0.3 is 0 Å². The van der Waals surface area contributed by atoms with Crippen LogP contribution in [0.1, 0.15) is 23.3 Å². The Bertz CT molecular complexity index is 280. The largest absolute Gasteiger partial charge is 0.397 e. The van der Waals surface area contributed by atoms with E-state index in [1.807, 2.05) is 11.3 Å². The van der Waals surface area contributed by atoms with E-state index in [9.17, 15) is 0 Å². The second-order valence-corrected chi connectivity index (χ2v) is 5.32. The number of anilines is 1. The summed E-state index contributed by atoms with van der Waals surface area (Å²) in [4.78, 5) is 1.50. The molecule has 0 aromatic carbocycles. The molecule has 1 heterocycles. The molecule has 1 aliphatic carbocycles. The van der Waals surface area contributed by atoms with E-state index in [0.717, 1.165) is 9.47 Å². The van der Waals surface area contributed by atoms with Crippen molar-refractivity contribution in [2.45, 2.75) is 25.7 Å². The van der Waals surface area contributed by atoms with E-state index in [-0.39, 0.29) is 0 Å². The van der Waals surface area contributed by atoms with Crippen LogP contribution in [0.3, 0.4) is 0 Å². The van der Waals surface area contributed by atoms with E-state index in [4.69, 9.17) is 5.73 Å². The first kappa shape index (κ1) is 7.62. The maximum absolute atomic E-state index is 5.89. The quantitative estimate of drug-likeness (QED) is 0.731. The highest BCUT2D eigenvalue weighted by atomic mass is 79.9. The van der Waals surface area contributed by atoms with E-state index in [1.54, 1.807) is 0 Å². The van der Waals surface area contributed by atoms with Gasteiger partial charge in [-0.1, -0.05) is 0 Å². The van der Waals surface area contributed by atoms with Crippen molar-refractivity contribution in [1.29, 1.82) is 0 Å². The Labute approximate surface area is 78.7 Å². The Morgan fingerprint density at radius 2 is 2.00 bits per heavy atom. The summed E-state index contributed by atoms with van der Waals surface area (Å²) in [6.45, 7) is 0. The van der Waals surface area contributed by atoms with Crippen molar-refractivity contribution < 1.29 is 0 Å². The van der Waals surface area contributed by atoms with Gasteiger partial charge in [-0.05, 0) is 47.2 Å². The van der Waals surface area contributed by atoms with Gasteiger partial charge in [-0.25, -0.2) is 0 Å². The summed E-state index contributed by atoms with van der Waals surface area (Å²) in [5.74, 6) is 0. The lowest BCUT2D eigenvalue weighted by molar-refractivity contribution is 0.698. The minimum Gasteiger partial charge on any atom is -0.397 e. The molecule has 0 spiro atoms. The zero-order chi connectivity index (χ0) is 7.84. The van der Waals surface area contributed by atoms with Crippen molar-refractivity contribution in [2.75, 3.05) is 5.73 Å². The maximum Gasteiger partial charge on any atom is 0.0933 e. The molecule has 0 saturated carbocycles. The van der Waals surface area contributed by atoms with Gasteiger partial charge in [0.15, 0.2) is 0 Å². The average molecular weight is 232 g/mol. The van der Waals surface area contributed by atoms with Crippen LogP contribution >= 0.6 is 27.3 Å². The van der Waals surface area contributed by atoms with E-state index < -0.39 is 0 Å². The Balaban J connectivity index is 2.50. The number of fused-ring (bicyclic) bond motifs is 1. The Hall–Kier alpha value is -0.0200. The smallest absolute Gasteiger partial charge is 0.0933 e. The van der Waals surface area contributed by atoms with Crippen LogP contribution in [0.25, 0.3) is 0 Å². The van der Waals surface area contributed by atoms with Gasteiger partial charge in [-0.3, -0.25) is 0 Å². The molecule has 0 bridgehead atoms. The second-order valence-electron chi connectivity index (χ2n) is 2.90. The number of hydrogen-bond acceptors (Lipinski definition) is 2. The SMILES string of the molecule is Nc1c(Br)sc2c1CCCC2. The van der Waals surface area contributed by atoms with Crippen LogP contribution in [0, 0.1) is 0 Å². The first-order valence-corrected chi connectivity index (χ1v) is 5.45. The van der Waals surface area contributed by atoms with Crippen LogP contribution in [0.15, 0.2) is 3.79 Å². The summed E-state index contributed by atoms with van der Waals surface area (Å²) in [7, 11) is 0. The Morgan fingerprint density at radius 1 is 1.27 bits per heavy atom. The van der Waals surface area contributed by atoms with Gasteiger partial charge in [-0.2, -0.15) is 0 Å². The molecule has 1 aliphatic rings. The fourth-order valence-electron chi connectivity index (χ4n) is 1.56. The van der Waals surface area contributed by atoms with E-state index >= 15 is 0 Å². The normalized spacial score (nSPS) is 16.5. The van der Waals surface area contributed by atoms with Crippen molar-refractivity contribution in [2.24, 2.45) is 0 Å². The lowest BCUT2D eigenvalue weighted by Crippen LogP contribution is -2.00. The van der Waals surface area contributed by atoms with Crippen molar-refractivity contribution in [1.82, 2.24) is 0 Å². The highest BCUT2D eigenvalue weighted by Crippen LogP contribution is 2.39. The fraction of sp³-hybridized carbons (Fsp3) is 0.500. The zero-order valence-electron chi connectivity index (χ0n) is 6.19. The summed E-state index contributed by atoms with van der Waals surface area (Å²) < 4.78 is 1.13. The van der Waals surface area contributed by atoms with Crippen LogP contribution in [-0.4, -0.2) is 0 Å². The van der Waals surface area contributed by atoms with Gasteiger partial charge in [-0.15, -0.1) is 11.3 Å². The molecular weight excluding hydrogens is 222 g/mol. The first-order chi connectivity index (χ1) is 5.29. The third-order valence-electron chi connectivity index (χ3n) is 2.17. The topological polar surface area (TPSA) is 26.0 Å². The molecule has 0 amide bonds. The summed E-state index contributed by atoms with van der Waals surface area (Å²) in [6.07, 6.45) is 5.05. The predicted molar refractivity (Wildman–Crippen MR) is 53.1 cm³/mol. The molecule has 0 unspecified atom stereocenters. The van der Waals surface area contributed by atoms with Crippen molar-refractivity contribution in [3.63, 3.8) is 0 Å². The number of nitrogens with two attached hydrogens (primary N) is 1. The molecule has 1 aromatic rings. The van der Waals surface area contributed by atoms with Gasteiger partial charge in [0.2, 0.25) is 0 Å². The van der Waals surface area contributed by atoms with E-state index in [2.05, 4.69) is 15.9 Å². The molecule has 0 atom stereocenters. The highest BCUT2D eigenvalue weighted by molar-refractivity contribution is 9.11. The monoisotopic (exact) mass is 231 g/mol. The van der Waals surface area contributed by atoms with E-state index in [0.29, 0.717) is 0 Å². The van der Waals surface area contributed by atoms with Crippen LogP contribution in [0.4, 0.5) is 5.69 Å². The molecule has 0 saturated heterocycles. The molecule has 2 N–H and O–H groups in total. The van der Waals surface area contributed by atoms with Gasteiger partial charge in [0.25, 0.3) is 0 Å². The average Bonchev–Trinajstić information content (AvgIpc) is 2.30. The Morgan fingerprint density at radius 3 is 2.73 bits per heavy atom. The number of nitrogen functional groups attached to an aromatic ring is 1. The molecular formula is C8H10BrNS. The summed E-state index contributed by atoms with van der Waals surface area (Å²) >= 11 is 5.28. The highest BCUT2D eigenvalue weighted by Gasteiger charge is 2.16. The predicted octanol–water partition coefficient (Wildman–Crippen LogP) is 2.97. The number of halogens is 1. The Kier molecular flexibility index (Phi) is 1.93. The number of aryl methyl sites for hydroxylation is 1. The van der Waals surface area contributed by atoms with Crippen molar-refractivity contribution in [3.8, 4) is 0 Å². The molecule has 60 valence electrons. The van der Waals surface area contributed by atoms with Crippen LogP contribution in [-0.2, 0) is 12.8 Å². The third-order valence-corrected chi connectivity index (χ3v) is 4.18. The number of rotatable bonds is 0. The van der Waals surface area contributed by atoms with Gasteiger partial charge in [0.05, 0.1) is 9.47 Å². The van der Waals surface area contributed by atoms with E-state index in [1.165, 1.54) is 36.1 Å². The fourth-order valence-corrected chi connectivity index (χ4v) is 3.41. The molecule has 2 rings (SSSR count). The molecule has 3 heteroatoms. The number of hydrogen-bond donors (Lipinski definition) is 1. The van der Waals surface area contributed by atoms with Crippen LogP contribution in [0.2, 0.25) is 0 Å². The summed E-state index contributed by atoms with van der Waals surface area (Å²) in [6, 6.07) is 0. The molecule has 0 radical (unpaired) electrons. The van der Waals surface area contributed by atoms with Gasteiger partial charge in [0.1, 0.15) is 0 Å². The molecule has 0 fully saturated rings. The lowest BCUT2D eigenvalue weighted by Gasteiger charge is -2.10. The standard InChI is InChI=1S/C8H10BrNS/c9-8-7(10)5-3-1-2-4-6(5)11-8/h1-4,10H2. The van der Waals surface area contributed by atoms with Crippen LogP contribution in [0.5, 0.6) is 0 Å². The second kappa shape index (κ2) is 2.79. The van der Waals surface area contributed by atoms with Gasteiger partial charge in [0, 0.05) is 4.88 Å². The summed E-state index contributed by atoms with van der Waals surface area (Å²) in [5.41, 5.74) is 8.29. The minimum atomic E-state index is 0.990. The van der Waals surface area contributed by atoms with Crippen molar-refractivity contribution in [3.05, 3.63) is 14.2 Å². The molecule has 1 nitrogen and oxygen atoms in total. The molecule has 11 heavy (non-hydrogen) atoms. The molecule has 1 aromatic heterocycles. The van der Waals surface area contributed by atoms with Crippen molar-refractivity contribution >= 4 is 33.0 Å². The molecule has 0 aliphatic heterocycles. The van der Waals surface area contributed by atoms with Crippen LogP contribution < -0.4 is 5.73 Å².